The second kappa shape index (κ2) is 3.24. The summed E-state index contributed by atoms with van der Waals surface area (Å²) in [5.41, 5.74) is 0.0807. The maximum absolute atomic E-state index is 11.9. The Morgan fingerprint density at radius 1 is 1.36 bits per heavy atom. The van der Waals surface area contributed by atoms with E-state index in [2.05, 4.69) is 12.6 Å². The zero-order valence-electron chi connectivity index (χ0n) is 8.38. The molecule has 0 unspecified atom stereocenters. The van der Waals surface area contributed by atoms with Crippen LogP contribution in [-0.2, 0) is 4.79 Å². The Kier molecular flexibility index (Phi) is 2.19. The van der Waals surface area contributed by atoms with E-state index in [0.717, 1.165) is 37.7 Å². The lowest BCUT2D eigenvalue weighted by molar-refractivity contribution is -0.129. The Morgan fingerprint density at radius 2 is 2.00 bits per heavy atom. The van der Waals surface area contributed by atoms with Crippen molar-refractivity contribution >= 4 is 5.78 Å². The number of hydrogen-bond donors (Lipinski definition) is 0. The number of allylic oxidation sites excluding steroid dienone is 1. The number of carbonyl (C=O) groups excluding carboxylic acids is 1. The Bertz CT molecular complexity index is 302. The molecule has 0 aliphatic heterocycles. The first-order chi connectivity index (χ1) is 6.71. The van der Waals surface area contributed by atoms with Gasteiger partial charge in [-0.2, -0.15) is 5.26 Å². The van der Waals surface area contributed by atoms with Gasteiger partial charge in [-0.3, -0.25) is 4.79 Å². The molecule has 0 radical (unpaired) electrons. The van der Waals surface area contributed by atoms with Crippen molar-refractivity contribution in [3.8, 4) is 6.07 Å². The van der Waals surface area contributed by atoms with Crippen LogP contribution in [-0.4, -0.2) is 5.78 Å². The minimum Gasteiger partial charge on any atom is -0.298 e. The molecule has 2 nitrogen and oxygen atoms in total. The van der Waals surface area contributed by atoms with Gasteiger partial charge in [-0.15, -0.1) is 0 Å². The number of hydrogen-bond acceptors (Lipinski definition) is 2. The normalized spacial score (nSPS) is 37.5. The molecule has 2 heteroatoms. The van der Waals surface area contributed by atoms with Crippen LogP contribution in [0.1, 0.15) is 38.5 Å². The third-order valence-electron chi connectivity index (χ3n) is 3.77. The van der Waals surface area contributed by atoms with Gasteiger partial charge in [0.15, 0.2) is 5.78 Å². The molecule has 2 fully saturated rings. The van der Waals surface area contributed by atoms with Crippen molar-refractivity contribution in [2.24, 2.45) is 11.3 Å². The molecule has 2 atom stereocenters. The lowest BCUT2D eigenvalue weighted by atomic mass is 9.57. The van der Waals surface area contributed by atoms with Gasteiger partial charge in [0.05, 0.1) is 6.07 Å². The minimum atomic E-state index is -0.795. The van der Waals surface area contributed by atoms with Gasteiger partial charge < -0.3 is 0 Å². The molecular weight excluding hydrogens is 174 g/mol. The summed E-state index contributed by atoms with van der Waals surface area (Å²) in [6.07, 6.45) is 5.54. The van der Waals surface area contributed by atoms with E-state index in [1.165, 1.54) is 0 Å². The molecule has 0 aromatic rings. The molecule has 2 rings (SSSR count). The van der Waals surface area contributed by atoms with Gasteiger partial charge >= 0.3 is 0 Å². The molecule has 0 spiro atoms. The molecule has 14 heavy (non-hydrogen) atoms. The molecule has 0 N–H and O–H groups in total. The van der Waals surface area contributed by atoms with Gasteiger partial charge in [0.1, 0.15) is 5.41 Å². The number of ketones is 1. The van der Waals surface area contributed by atoms with E-state index in [4.69, 9.17) is 0 Å². The predicted molar refractivity (Wildman–Crippen MR) is 53.4 cm³/mol. The second-order valence-corrected chi connectivity index (χ2v) is 4.43. The molecule has 2 saturated carbocycles. The van der Waals surface area contributed by atoms with E-state index in [9.17, 15) is 10.1 Å². The highest BCUT2D eigenvalue weighted by Crippen LogP contribution is 2.50. The summed E-state index contributed by atoms with van der Waals surface area (Å²) in [4.78, 5) is 11.9. The SMILES string of the molecule is C=C1CCC[C@@H]2CCCC(=O)[C@]12C#N. The predicted octanol–water partition coefficient (Wildman–Crippen LogP) is 2.61. The van der Waals surface area contributed by atoms with Gasteiger partial charge in [-0.05, 0) is 43.6 Å². The fourth-order valence-corrected chi connectivity index (χ4v) is 2.99. The fraction of sp³-hybridized carbons (Fsp3) is 0.667. The van der Waals surface area contributed by atoms with Crippen LogP contribution in [0, 0.1) is 22.7 Å². The lowest BCUT2D eigenvalue weighted by Crippen LogP contribution is -2.44. The van der Waals surface area contributed by atoms with Crippen molar-refractivity contribution in [2.45, 2.75) is 38.5 Å². The van der Waals surface area contributed by atoms with Crippen LogP contribution < -0.4 is 0 Å². The first-order valence-corrected chi connectivity index (χ1v) is 5.34. The molecule has 74 valence electrons. The summed E-state index contributed by atoms with van der Waals surface area (Å²) in [5, 5.41) is 9.29. The molecule has 0 bridgehead atoms. The number of fused-ring (bicyclic) bond motifs is 1. The first-order valence-electron chi connectivity index (χ1n) is 5.34. The largest absolute Gasteiger partial charge is 0.298 e. The smallest absolute Gasteiger partial charge is 0.157 e. The summed E-state index contributed by atoms with van der Waals surface area (Å²) >= 11 is 0. The minimum absolute atomic E-state index is 0.126. The van der Waals surface area contributed by atoms with Gasteiger partial charge in [0.25, 0.3) is 0 Å². The van der Waals surface area contributed by atoms with Crippen LogP contribution in [0.4, 0.5) is 0 Å². The monoisotopic (exact) mass is 189 g/mol. The van der Waals surface area contributed by atoms with E-state index < -0.39 is 5.41 Å². The summed E-state index contributed by atoms with van der Waals surface area (Å²) in [6.45, 7) is 3.95. The molecule has 0 aromatic heterocycles. The number of Topliss-reactive ketones (excluding diaryl/α,β-unsaturated/α-hetero) is 1. The topological polar surface area (TPSA) is 40.9 Å². The third-order valence-corrected chi connectivity index (χ3v) is 3.77. The number of nitriles is 1. The van der Waals surface area contributed by atoms with Crippen LogP contribution in [0.3, 0.4) is 0 Å². The highest BCUT2D eigenvalue weighted by molar-refractivity contribution is 5.91. The van der Waals surface area contributed by atoms with Crippen LogP contribution in [0.2, 0.25) is 0 Å². The Morgan fingerprint density at radius 3 is 2.57 bits per heavy atom. The Hall–Kier alpha value is -1.10. The van der Waals surface area contributed by atoms with Crippen molar-refractivity contribution in [1.29, 1.82) is 5.26 Å². The molecule has 0 saturated heterocycles. The molecule has 0 aromatic carbocycles. The molecule has 2 aliphatic carbocycles. The molecule has 2 aliphatic rings. The zero-order chi connectivity index (χ0) is 10.2. The Balaban J connectivity index is 2.43. The second-order valence-electron chi connectivity index (χ2n) is 4.43. The van der Waals surface area contributed by atoms with Gasteiger partial charge in [0, 0.05) is 6.42 Å². The maximum atomic E-state index is 11.9. The number of carbonyl (C=O) groups is 1. The zero-order valence-corrected chi connectivity index (χ0v) is 8.38. The van der Waals surface area contributed by atoms with Gasteiger partial charge in [-0.1, -0.05) is 6.58 Å². The lowest BCUT2D eigenvalue weighted by Gasteiger charge is -2.42. The summed E-state index contributed by atoms with van der Waals surface area (Å²) in [5.74, 6) is 0.385. The van der Waals surface area contributed by atoms with Crippen molar-refractivity contribution in [3.63, 3.8) is 0 Å². The van der Waals surface area contributed by atoms with Crippen LogP contribution in [0.15, 0.2) is 12.2 Å². The molecule has 0 amide bonds. The van der Waals surface area contributed by atoms with Crippen LogP contribution in [0.25, 0.3) is 0 Å². The van der Waals surface area contributed by atoms with Crippen molar-refractivity contribution < 1.29 is 4.79 Å². The van der Waals surface area contributed by atoms with Crippen molar-refractivity contribution in [3.05, 3.63) is 12.2 Å². The van der Waals surface area contributed by atoms with E-state index in [-0.39, 0.29) is 11.7 Å². The van der Waals surface area contributed by atoms with E-state index in [0.29, 0.717) is 6.42 Å². The first kappa shape index (κ1) is 9.45. The highest BCUT2D eigenvalue weighted by Gasteiger charge is 2.50. The molecular formula is C12H15NO. The number of nitrogens with zero attached hydrogens (tertiary/aromatic N) is 1. The summed E-state index contributed by atoms with van der Waals surface area (Å²) in [6, 6.07) is 2.27. The van der Waals surface area contributed by atoms with Gasteiger partial charge in [0.2, 0.25) is 0 Å². The fourth-order valence-electron chi connectivity index (χ4n) is 2.99. The third kappa shape index (κ3) is 1.05. The standard InChI is InChI=1S/C12H15NO/c1-9-4-2-5-10-6-3-7-11(14)12(9,10)8-13/h10H,1-7H2/t10-,12-/m1/s1. The van der Waals surface area contributed by atoms with Crippen molar-refractivity contribution in [1.82, 2.24) is 0 Å². The molecule has 0 heterocycles. The van der Waals surface area contributed by atoms with E-state index >= 15 is 0 Å². The highest BCUT2D eigenvalue weighted by atomic mass is 16.1. The summed E-state index contributed by atoms with van der Waals surface area (Å²) in [7, 11) is 0. The average Bonchev–Trinajstić information content (AvgIpc) is 2.19. The van der Waals surface area contributed by atoms with Crippen LogP contribution in [0.5, 0.6) is 0 Å². The quantitative estimate of drug-likeness (QED) is 0.549. The summed E-state index contributed by atoms with van der Waals surface area (Å²) < 4.78 is 0. The maximum Gasteiger partial charge on any atom is 0.157 e. The Labute approximate surface area is 84.6 Å². The van der Waals surface area contributed by atoms with Gasteiger partial charge in [-0.25, -0.2) is 0 Å². The van der Waals surface area contributed by atoms with Crippen molar-refractivity contribution in [2.75, 3.05) is 0 Å². The van der Waals surface area contributed by atoms with E-state index in [1.54, 1.807) is 0 Å². The van der Waals surface area contributed by atoms with Crippen LogP contribution >= 0.6 is 0 Å². The van der Waals surface area contributed by atoms with E-state index in [1.807, 2.05) is 0 Å². The average molecular weight is 189 g/mol. The number of rotatable bonds is 0.